The Hall–Kier alpha value is -3.36. The first-order valence-electron chi connectivity index (χ1n) is 11.1. The fraction of sp³-hybridized carbons (Fsp3) is 0.231. The van der Waals surface area contributed by atoms with E-state index in [2.05, 4.69) is 32.6 Å². The Kier molecular flexibility index (Phi) is 5.79. The third-order valence-corrected chi connectivity index (χ3v) is 6.92. The minimum Gasteiger partial charge on any atom is -0.497 e. The number of aryl methyl sites for hydroxylation is 1. The summed E-state index contributed by atoms with van der Waals surface area (Å²) in [5, 5.41) is 18.0. The van der Waals surface area contributed by atoms with Crippen molar-refractivity contribution in [2.75, 3.05) is 17.3 Å². The lowest BCUT2D eigenvalue weighted by molar-refractivity contribution is -0.141. The van der Waals surface area contributed by atoms with Crippen LogP contribution >= 0.6 is 15.9 Å². The van der Waals surface area contributed by atoms with Gasteiger partial charge in [-0.25, -0.2) is 4.79 Å². The van der Waals surface area contributed by atoms with E-state index >= 15 is 0 Å². The maximum atomic E-state index is 13.9. The number of hydrogen-bond donors (Lipinski definition) is 3. The number of halogens is 1. The number of hydrogen-bond acceptors (Lipinski definition) is 4. The average Bonchev–Trinajstić information content (AvgIpc) is 2.85. The van der Waals surface area contributed by atoms with Crippen LogP contribution in [0.2, 0.25) is 0 Å². The van der Waals surface area contributed by atoms with Crippen LogP contribution in [0.3, 0.4) is 0 Å². The van der Waals surface area contributed by atoms with Gasteiger partial charge in [0, 0.05) is 16.1 Å². The molecule has 3 N–H and O–H groups in total. The van der Waals surface area contributed by atoms with Crippen LogP contribution in [0, 0.1) is 0 Å². The predicted octanol–water partition coefficient (Wildman–Crippen LogP) is 4.85. The molecule has 0 saturated heterocycles. The third kappa shape index (κ3) is 3.73. The normalized spacial score (nSPS) is 21.2. The summed E-state index contributed by atoms with van der Waals surface area (Å²) in [5.74, 6) is -0.180. The van der Waals surface area contributed by atoms with Crippen molar-refractivity contribution in [3.05, 3.63) is 87.9 Å². The monoisotopic (exact) mass is 521 g/mol. The number of urea groups is 1. The number of aliphatic hydroxyl groups is 1. The Morgan fingerprint density at radius 2 is 2.00 bits per heavy atom. The SMILES string of the molecule is COc1cccc(N2C(=O)Nc3ccc(Br)cc3[C@]2(O)C(=O)N[C@H]2CCCc3ccccc32)c1. The minimum atomic E-state index is -2.29. The van der Waals surface area contributed by atoms with Crippen molar-refractivity contribution in [1.29, 1.82) is 0 Å². The molecule has 34 heavy (non-hydrogen) atoms. The summed E-state index contributed by atoms with van der Waals surface area (Å²) >= 11 is 3.43. The molecule has 1 aliphatic carbocycles. The van der Waals surface area contributed by atoms with Crippen LogP contribution < -0.4 is 20.3 Å². The number of nitrogens with one attached hydrogen (secondary N) is 2. The summed E-state index contributed by atoms with van der Waals surface area (Å²) in [7, 11) is 1.52. The van der Waals surface area contributed by atoms with E-state index in [-0.39, 0.29) is 11.6 Å². The number of carbonyl (C=O) groups is 2. The number of methoxy groups -OCH3 is 1. The number of fused-ring (bicyclic) bond motifs is 2. The smallest absolute Gasteiger partial charge is 0.329 e. The molecule has 0 spiro atoms. The zero-order valence-corrected chi connectivity index (χ0v) is 20.1. The Morgan fingerprint density at radius 1 is 1.18 bits per heavy atom. The topological polar surface area (TPSA) is 90.9 Å². The van der Waals surface area contributed by atoms with E-state index in [1.54, 1.807) is 42.5 Å². The van der Waals surface area contributed by atoms with Gasteiger partial charge in [-0.2, -0.15) is 0 Å². The summed E-state index contributed by atoms with van der Waals surface area (Å²) < 4.78 is 5.98. The van der Waals surface area contributed by atoms with E-state index in [4.69, 9.17) is 4.74 Å². The van der Waals surface area contributed by atoms with E-state index < -0.39 is 17.7 Å². The molecule has 174 valence electrons. The molecular formula is C26H24BrN3O4. The van der Waals surface area contributed by atoms with Crippen molar-refractivity contribution in [1.82, 2.24) is 5.32 Å². The number of carbonyl (C=O) groups excluding carboxylic acids is 2. The lowest BCUT2D eigenvalue weighted by atomic mass is 9.87. The molecule has 0 aromatic heterocycles. The molecule has 7 nitrogen and oxygen atoms in total. The van der Waals surface area contributed by atoms with Gasteiger partial charge < -0.3 is 20.5 Å². The summed E-state index contributed by atoms with van der Waals surface area (Å²) in [4.78, 5) is 28.3. The molecule has 3 aromatic carbocycles. The van der Waals surface area contributed by atoms with E-state index in [1.165, 1.54) is 12.7 Å². The van der Waals surface area contributed by atoms with Gasteiger partial charge in [-0.3, -0.25) is 9.69 Å². The second-order valence-electron chi connectivity index (χ2n) is 8.45. The summed E-state index contributed by atoms with van der Waals surface area (Å²) in [6.07, 6.45) is 2.61. The minimum absolute atomic E-state index is 0.269. The molecular weight excluding hydrogens is 498 g/mol. The molecule has 1 heterocycles. The number of anilines is 2. The second kappa shape index (κ2) is 8.77. The van der Waals surface area contributed by atoms with E-state index in [0.717, 1.165) is 29.7 Å². The van der Waals surface area contributed by atoms with Gasteiger partial charge in [0.15, 0.2) is 0 Å². The Bertz CT molecular complexity index is 1280. The zero-order valence-electron chi connectivity index (χ0n) is 18.5. The third-order valence-electron chi connectivity index (χ3n) is 6.43. The summed E-state index contributed by atoms with van der Waals surface area (Å²) in [6, 6.07) is 18.9. The van der Waals surface area contributed by atoms with Crippen molar-refractivity contribution in [2.24, 2.45) is 0 Å². The molecule has 5 rings (SSSR count). The predicted molar refractivity (Wildman–Crippen MR) is 133 cm³/mol. The lowest BCUT2D eigenvalue weighted by Crippen LogP contribution is -2.63. The number of ether oxygens (including phenoxy) is 1. The van der Waals surface area contributed by atoms with Crippen LogP contribution in [-0.2, 0) is 16.9 Å². The van der Waals surface area contributed by atoms with Gasteiger partial charge in [0.2, 0.25) is 0 Å². The maximum Gasteiger partial charge on any atom is 0.329 e. The molecule has 0 radical (unpaired) electrons. The van der Waals surface area contributed by atoms with Gasteiger partial charge >= 0.3 is 6.03 Å². The van der Waals surface area contributed by atoms with Crippen molar-refractivity contribution in [2.45, 2.75) is 31.0 Å². The highest BCUT2D eigenvalue weighted by atomic mass is 79.9. The molecule has 3 aromatic rings. The van der Waals surface area contributed by atoms with Crippen molar-refractivity contribution < 1.29 is 19.4 Å². The second-order valence-corrected chi connectivity index (χ2v) is 9.36. The van der Waals surface area contributed by atoms with Gasteiger partial charge in [-0.05, 0) is 60.7 Å². The van der Waals surface area contributed by atoms with Gasteiger partial charge in [-0.1, -0.05) is 46.3 Å². The van der Waals surface area contributed by atoms with Crippen LogP contribution in [0.1, 0.15) is 35.6 Å². The Balaban J connectivity index is 1.62. The van der Waals surface area contributed by atoms with Crippen LogP contribution in [0.25, 0.3) is 0 Å². The van der Waals surface area contributed by atoms with Crippen LogP contribution in [0.5, 0.6) is 5.75 Å². The maximum absolute atomic E-state index is 13.9. The van der Waals surface area contributed by atoms with E-state index in [0.29, 0.717) is 21.6 Å². The summed E-state index contributed by atoms with van der Waals surface area (Å²) in [6.45, 7) is 0. The van der Waals surface area contributed by atoms with Gasteiger partial charge in [0.25, 0.3) is 11.6 Å². The first kappa shape index (κ1) is 22.4. The van der Waals surface area contributed by atoms with Crippen LogP contribution in [0.4, 0.5) is 16.2 Å². The van der Waals surface area contributed by atoms with E-state index in [1.807, 2.05) is 18.2 Å². The Labute approximate surface area is 205 Å². The number of benzene rings is 3. The highest BCUT2D eigenvalue weighted by molar-refractivity contribution is 9.10. The molecule has 0 bridgehead atoms. The first-order valence-corrected chi connectivity index (χ1v) is 11.9. The van der Waals surface area contributed by atoms with Crippen LogP contribution in [0.15, 0.2) is 71.2 Å². The van der Waals surface area contributed by atoms with Crippen LogP contribution in [-0.4, -0.2) is 24.2 Å². The molecule has 1 aliphatic heterocycles. The van der Waals surface area contributed by atoms with Gasteiger partial charge in [0.05, 0.1) is 24.5 Å². The van der Waals surface area contributed by atoms with Crippen molar-refractivity contribution >= 4 is 39.2 Å². The highest BCUT2D eigenvalue weighted by Gasteiger charge is 2.52. The fourth-order valence-electron chi connectivity index (χ4n) is 4.79. The Morgan fingerprint density at radius 3 is 2.82 bits per heavy atom. The van der Waals surface area contributed by atoms with Gasteiger partial charge in [0.1, 0.15) is 5.75 Å². The molecule has 0 fully saturated rings. The number of nitrogens with zero attached hydrogens (tertiary/aromatic N) is 1. The fourth-order valence-corrected chi connectivity index (χ4v) is 5.15. The molecule has 2 aliphatic rings. The molecule has 0 unspecified atom stereocenters. The standard InChI is InChI=1S/C26H24BrN3O4/c1-34-19-9-5-8-18(15-19)30-25(32)29-23-13-12-17(27)14-21(23)26(30,33)24(31)28-22-11-4-7-16-6-2-3-10-20(16)22/h2-3,5-6,8-10,12-15,22,33H,4,7,11H2,1H3,(H,28,31)(H,29,32)/t22-,26-/m0/s1. The highest BCUT2D eigenvalue weighted by Crippen LogP contribution is 2.42. The first-order chi connectivity index (χ1) is 16.4. The van der Waals surface area contributed by atoms with E-state index in [9.17, 15) is 14.7 Å². The van der Waals surface area contributed by atoms with Crippen molar-refractivity contribution in [3.8, 4) is 5.75 Å². The number of rotatable bonds is 4. The number of amides is 3. The lowest BCUT2D eigenvalue weighted by Gasteiger charge is -2.43. The molecule has 2 atom stereocenters. The molecule has 8 heteroatoms. The average molecular weight is 522 g/mol. The zero-order chi connectivity index (χ0) is 23.9. The molecule has 3 amide bonds. The van der Waals surface area contributed by atoms with Gasteiger partial charge in [-0.15, -0.1) is 0 Å². The molecule has 0 saturated carbocycles. The quantitative estimate of drug-likeness (QED) is 0.457. The van der Waals surface area contributed by atoms with Crippen molar-refractivity contribution in [3.63, 3.8) is 0 Å². The largest absolute Gasteiger partial charge is 0.497 e. The summed E-state index contributed by atoms with van der Waals surface area (Å²) in [5.41, 5.74) is 0.887.